The minimum Gasteiger partial charge on any atom is -0.341 e. The first kappa shape index (κ1) is 16.8. The van der Waals surface area contributed by atoms with Crippen molar-refractivity contribution in [3.05, 3.63) is 0 Å². The van der Waals surface area contributed by atoms with Crippen molar-refractivity contribution in [2.45, 2.75) is 70.8 Å². The number of carbonyl (C=O) groups is 1. The molecule has 1 saturated heterocycles. The lowest BCUT2D eigenvalue weighted by Gasteiger charge is -2.43. The van der Waals surface area contributed by atoms with Crippen LogP contribution in [0.4, 0.5) is 0 Å². The average molecular weight is 289 g/mol. The summed E-state index contributed by atoms with van der Waals surface area (Å²) in [6.07, 6.45) is 8.70. The van der Waals surface area contributed by atoms with Gasteiger partial charge in [0.2, 0.25) is 5.91 Å². The van der Waals surface area contributed by atoms with E-state index in [1.807, 2.05) is 4.90 Å². The first-order chi connectivity index (χ1) is 8.49. The molecule has 4 heteroatoms. The molecule has 1 aliphatic heterocycles. The Bertz CT molecular complexity index is 305. The molecule has 3 nitrogen and oxygen atoms in total. The normalized spacial score (nSPS) is 25.5. The Hall–Kier alpha value is -0.280. The summed E-state index contributed by atoms with van der Waals surface area (Å²) >= 11 is 0. The van der Waals surface area contributed by atoms with Gasteiger partial charge in [-0.25, -0.2) is 0 Å². The number of rotatable bonds is 2. The van der Waals surface area contributed by atoms with E-state index in [0.29, 0.717) is 5.41 Å². The number of carbonyl (C=O) groups excluding carboxylic acids is 1. The molecule has 0 radical (unpaired) electrons. The summed E-state index contributed by atoms with van der Waals surface area (Å²) in [4.78, 5) is 14.6. The molecule has 2 aliphatic rings. The van der Waals surface area contributed by atoms with Crippen LogP contribution in [0.25, 0.3) is 0 Å². The molecule has 0 unspecified atom stereocenters. The van der Waals surface area contributed by atoms with Crippen molar-refractivity contribution in [3.8, 4) is 0 Å². The molecule has 2 N–H and O–H groups in total. The molecular formula is C15H29ClN2O. The van der Waals surface area contributed by atoms with E-state index >= 15 is 0 Å². The average Bonchev–Trinajstić information content (AvgIpc) is 2.40. The van der Waals surface area contributed by atoms with Crippen molar-refractivity contribution < 1.29 is 4.79 Å². The summed E-state index contributed by atoms with van der Waals surface area (Å²) in [5, 5.41) is 0. The fourth-order valence-corrected chi connectivity index (χ4v) is 3.31. The third-order valence-corrected chi connectivity index (χ3v) is 5.28. The summed E-state index contributed by atoms with van der Waals surface area (Å²) in [6, 6.07) is 0. The zero-order valence-electron chi connectivity index (χ0n) is 12.4. The van der Waals surface area contributed by atoms with Crippen molar-refractivity contribution in [2.75, 3.05) is 13.1 Å². The molecule has 1 heterocycles. The van der Waals surface area contributed by atoms with E-state index in [0.717, 1.165) is 51.6 Å². The molecule has 1 saturated carbocycles. The van der Waals surface area contributed by atoms with Crippen LogP contribution in [0.15, 0.2) is 0 Å². The van der Waals surface area contributed by atoms with Crippen molar-refractivity contribution in [2.24, 2.45) is 11.1 Å². The van der Waals surface area contributed by atoms with E-state index < -0.39 is 5.54 Å². The molecular weight excluding hydrogens is 260 g/mol. The quantitative estimate of drug-likeness (QED) is 0.849. The number of piperidine rings is 1. The van der Waals surface area contributed by atoms with Gasteiger partial charge in [-0.15, -0.1) is 12.4 Å². The van der Waals surface area contributed by atoms with Crippen molar-refractivity contribution >= 4 is 18.3 Å². The van der Waals surface area contributed by atoms with E-state index in [2.05, 4.69) is 13.8 Å². The SMILES string of the molecule is CCC1(C)CCN(C(=O)C2(N)CCCCC2)CC1.Cl. The molecule has 112 valence electrons. The van der Waals surface area contributed by atoms with E-state index in [9.17, 15) is 4.79 Å². The van der Waals surface area contributed by atoms with Gasteiger partial charge in [-0.2, -0.15) is 0 Å². The van der Waals surface area contributed by atoms with E-state index in [-0.39, 0.29) is 18.3 Å². The number of nitrogens with two attached hydrogens (primary N) is 1. The maximum atomic E-state index is 12.6. The molecule has 1 aliphatic carbocycles. The van der Waals surface area contributed by atoms with Gasteiger partial charge in [0.15, 0.2) is 0 Å². The minimum absolute atomic E-state index is 0. The topological polar surface area (TPSA) is 46.3 Å². The summed E-state index contributed by atoms with van der Waals surface area (Å²) in [5.74, 6) is 0.223. The Balaban J connectivity index is 0.00000180. The van der Waals surface area contributed by atoms with Crippen LogP contribution in [-0.4, -0.2) is 29.4 Å². The van der Waals surface area contributed by atoms with Gasteiger partial charge in [0.25, 0.3) is 0 Å². The predicted molar refractivity (Wildman–Crippen MR) is 81.5 cm³/mol. The minimum atomic E-state index is -0.543. The molecule has 0 bridgehead atoms. The Morgan fingerprint density at radius 2 is 1.63 bits per heavy atom. The lowest BCUT2D eigenvalue weighted by molar-refractivity contribution is -0.140. The Morgan fingerprint density at radius 1 is 1.11 bits per heavy atom. The number of amides is 1. The first-order valence-electron chi connectivity index (χ1n) is 7.57. The largest absolute Gasteiger partial charge is 0.341 e. The number of hydrogen-bond donors (Lipinski definition) is 1. The molecule has 0 aromatic heterocycles. The second-order valence-corrected chi connectivity index (χ2v) is 6.67. The monoisotopic (exact) mass is 288 g/mol. The van der Waals surface area contributed by atoms with Crippen LogP contribution >= 0.6 is 12.4 Å². The molecule has 1 amide bonds. The van der Waals surface area contributed by atoms with Gasteiger partial charge in [-0.3, -0.25) is 4.79 Å². The van der Waals surface area contributed by atoms with E-state index in [1.165, 1.54) is 12.8 Å². The second kappa shape index (κ2) is 6.45. The molecule has 0 atom stereocenters. The van der Waals surface area contributed by atoms with Crippen LogP contribution in [0.2, 0.25) is 0 Å². The summed E-state index contributed by atoms with van der Waals surface area (Å²) in [5.41, 5.74) is 6.23. The highest BCUT2D eigenvalue weighted by atomic mass is 35.5. The van der Waals surface area contributed by atoms with Gasteiger partial charge >= 0.3 is 0 Å². The van der Waals surface area contributed by atoms with Crippen LogP contribution in [0.1, 0.15) is 65.2 Å². The van der Waals surface area contributed by atoms with Crippen LogP contribution < -0.4 is 5.73 Å². The highest BCUT2D eigenvalue weighted by Gasteiger charge is 2.40. The highest BCUT2D eigenvalue weighted by molar-refractivity contribution is 5.86. The third-order valence-electron chi connectivity index (χ3n) is 5.28. The van der Waals surface area contributed by atoms with Gasteiger partial charge in [-0.1, -0.05) is 39.5 Å². The zero-order valence-corrected chi connectivity index (χ0v) is 13.2. The summed E-state index contributed by atoms with van der Waals surface area (Å²) in [6.45, 7) is 6.40. The van der Waals surface area contributed by atoms with Crippen LogP contribution in [0, 0.1) is 5.41 Å². The fourth-order valence-electron chi connectivity index (χ4n) is 3.31. The second-order valence-electron chi connectivity index (χ2n) is 6.67. The predicted octanol–water partition coefficient (Wildman–Crippen LogP) is 3.11. The summed E-state index contributed by atoms with van der Waals surface area (Å²) < 4.78 is 0. The number of halogens is 1. The van der Waals surface area contributed by atoms with Crippen LogP contribution in [-0.2, 0) is 4.79 Å². The third kappa shape index (κ3) is 3.63. The maximum absolute atomic E-state index is 12.6. The lowest BCUT2D eigenvalue weighted by Crippen LogP contribution is -2.58. The molecule has 19 heavy (non-hydrogen) atoms. The van der Waals surface area contributed by atoms with Gasteiger partial charge in [0, 0.05) is 13.1 Å². The van der Waals surface area contributed by atoms with Crippen molar-refractivity contribution in [1.82, 2.24) is 4.90 Å². The Kier molecular flexibility index (Phi) is 5.69. The fraction of sp³-hybridized carbons (Fsp3) is 0.933. The standard InChI is InChI=1S/C15H28N2O.ClH/c1-3-14(2)9-11-17(12-10-14)13(18)15(16)7-5-4-6-8-15;/h3-12,16H2,1-2H3;1H. The van der Waals surface area contributed by atoms with E-state index in [1.54, 1.807) is 0 Å². The smallest absolute Gasteiger partial charge is 0.242 e. The molecule has 0 aromatic carbocycles. The number of likely N-dealkylation sites (tertiary alicyclic amines) is 1. The molecule has 2 fully saturated rings. The number of hydrogen-bond acceptors (Lipinski definition) is 2. The van der Waals surface area contributed by atoms with Gasteiger partial charge < -0.3 is 10.6 Å². The summed E-state index contributed by atoms with van der Waals surface area (Å²) in [7, 11) is 0. The van der Waals surface area contributed by atoms with Crippen molar-refractivity contribution in [3.63, 3.8) is 0 Å². The first-order valence-corrected chi connectivity index (χ1v) is 7.57. The van der Waals surface area contributed by atoms with Gasteiger partial charge in [-0.05, 0) is 31.1 Å². The zero-order chi connectivity index (χ0) is 13.2. The van der Waals surface area contributed by atoms with E-state index in [4.69, 9.17) is 5.73 Å². The maximum Gasteiger partial charge on any atom is 0.242 e. The Labute approximate surface area is 123 Å². The lowest BCUT2D eigenvalue weighted by atomic mass is 9.76. The Morgan fingerprint density at radius 3 is 2.11 bits per heavy atom. The van der Waals surface area contributed by atoms with Gasteiger partial charge in [0.1, 0.15) is 0 Å². The van der Waals surface area contributed by atoms with Crippen LogP contribution in [0.5, 0.6) is 0 Å². The van der Waals surface area contributed by atoms with Gasteiger partial charge in [0.05, 0.1) is 5.54 Å². The molecule has 2 rings (SSSR count). The number of nitrogens with zero attached hydrogens (tertiary/aromatic N) is 1. The van der Waals surface area contributed by atoms with Crippen LogP contribution in [0.3, 0.4) is 0 Å². The highest BCUT2D eigenvalue weighted by Crippen LogP contribution is 2.35. The molecule has 0 spiro atoms. The molecule has 0 aromatic rings. The van der Waals surface area contributed by atoms with Crippen molar-refractivity contribution in [1.29, 1.82) is 0 Å².